The van der Waals surface area contributed by atoms with Gasteiger partial charge < -0.3 is 5.73 Å². The fraction of sp³-hybridized carbons (Fsp3) is 0.130. The van der Waals surface area contributed by atoms with Crippen LogP contribution in [0.5, 0.6) is 0 Å². The van der Waals surface area contributed by atoms with Gasteiger partial charge in [0.1, 0.15) is 11.5 Å². The molecule has 4 heterocycles. The number of nitrogen functional groups attached to an aromatic ring is 1. The van der Waals surface area contributed by atoms with Crippen LogP contribution < -0.4 is 11.4 Å². The molecule has 0 saturated heterocycles. The van der Waals surface area contributed by atoms with Crippen LogP contribution in [0.1, 0.15) is 11.4 Å². The number of fused-ring (bicyclic) bond motifs is 3. The van der Waals surface area contributed by atoms with E-state index in [9.17, 15) is 18.0 Å². The normalized spacial score (nSPS) is 12.0. The molecule has 7 nitrogen and oxygen atoms in total. The first-order chi connectivity index (χ1) is 15.6. The van der Waals surface area contributed by atoms with Crippen LogP contribution in [-0.4, -0.2) is 24.1 Å². The SMILES string of the molecule is Cc1nc(C(F)(F)F)ccc1-n1c(=O)n(C)c2cnc3ccc(-c4ccc(N)nc4)cc3c21. The Morgan fingerprint density at radius 2 is 1.73 bits per heavy atom. The lowest BCUT2D eigenvalue weighted by Crippen LogP contribution is -2.22. The number of pyridine rings is 3. The summed E-state index contributed by atoms with van der Waals surface area (Å²) in [4.78, 5) is 25.5. The Bertz CT molecular complexity index is 1600. The molecule has 2 N–H and O–H groups in total. The van der Waals surface area contributed by atoms with Crippen molar-refractivity contribution >= 4 is 27.8 Å². The van der Waals surface area contributed by atoms with E-state index in [1.807, 2.05) is 24.3 Å². The largest absolute Gasteiger partial charge is 0.433 e. The van der Waals surface area contributed by atoms with E-state index in [1.165, 1.54) is 22.1 Å². The fourth-order valence-electron chi connectivity index (χ4n) is 3.92. The molecule has 5 aromatic rings. The van der Waals surface area contributed by atoms with E-state index in [4.69, 9.17) is 5.73 Å². The zero-order chi connectivity index (χ0) is 23.5. The highest BCUT2D eigenvalue weighted by Crippen LogP contribution is 2.32. The van der Waals surface area contributed by atoms with Crippen LogP contribution in [0.15, 0.2) is 59.7 Å². The molecule has 0 fully saturated rings. The second-order valence-electron chi connectivity index (χ2n) is 7.67. The summed E-state index contributed by atoms with van der Waals surface area (Å²) in [6.45, 7) is 1.45. The monoisotopic (exact) mass is 450 g/mol. The Kier molecular flexibility index (Phi) is 4.48. The molecule has 0 radical (unpaired) electrons. The van der Waals surface area contributed by atoms with Gasteiger partial charge in [-0.25, -0.2) is 14.8 Å². The predicted molar refractivity (Wildman–Crippen MR) is 119 cm³/mol. The zero-order valence-electron chi connectivity index (χ0n) is 17.6. The molecule has 1 aromatic carbocycles. The van der Waals surface area contributed by atoms with E-state index in [-0.39, 0.29) is 11.4 Å². The molecule has 0 aliphatic carbocycles. The van der Waals surface area contributed by atoms with Crippen molar-refractivity contribution in [3.8, 4) is 16.8 Å². The van der Waals surface area contributed by atoms with E-state index >= 15 is 0 Å². The minimum Gasteiger partial charge on any atom is -0.384 e. The van der Waals surface area contributed by atoms with Crippen LogP contribution in [0, 0.1) is 6.92 Å². The molecule has 4 aromatic heterocycles. The average Bonchev–Trinajstić information content (AvgIpc) is 3.04. The third-order valence-electron chi connectivity index (χ3n) is 5.59. The van der Waals surface area contributed by atoms with Gasteiger partial charge in [-0.2, -0.15) is 13.2 Å². The first-order valence-electron chi connectivity index (χ1n) is 9.92. The lowest BCUT2D eigenvalue weighted by Gasteiger charge is -2.12. The van der Waals surface area contributed by atoms with Gasteiger partial charge in [-0.15, -0.1) is 0 Å². The second kappa shape index (κ2) is 7.16. The number of nitrogens with two attached hydrogens (primary N) is 1. The highest BCUT2D eigenvalue weighted by atomic mass is 19.4. The van der Waals surface area contributed by atoms with E-state index in [0.29, 0.717) is 27.8 Å². The molecule has 33 heavy (non-hydrogen) atoms. The molecule has 0 bridgehead atoms. The van der Waals surface area contributed by atoms with Crippen LogP contribution in [0.4, 0.5) is 19.0 Å². The summed E-state index contributed by atoms with van der Waals surface area (Å²) in [5.74, 6) is 0.394. The van der Waals surface area contributed by atoms with Gasteiger partial charge in [0.25, 0.3) is 0 Å². The molecule has 0 spiro atoms. The molecule has 0 aliphatic heterocycles. The number of halogens is 3. The fourth-order valence-corrected chi connectivity index (χ4v) is 3.92. The third-order valence-corrected chi connectivity index (χ3v) is 5.59. The summed E-state index contributed by atoms with van der Waals surface area (Å²) in [6.07, 6.45) is -1.36. The average molecular weight is 450 g/mol. The number of aromatic nitrogens is 5. The van der Waals surface area contributed by atoms with Gasteiger partial charge >= 0.3 is 11.9 Å². The third kappa shape index (κ3) is 3.30. The molecule has 0 unspecified atom stereocenters. The Morgan fingerprint density at radius 1 is 0.970 bits per heavy atom. The number of imidazole rings is 1. The summed E-state index contributed by atoms with van der Waals surface area (Å²) in [5, 5.41) is 0.666. The van der Waals surface area contributed by atoms with Crippen LogP contribution in [-0.2, 0) is 13.2 Å². The molecule has 0 saturated carbocycles. The number of nitrogens with zero attached hydrogens (tertiary/aromatic N) is 5. The molecule has 0 amide bonds. The second-order valence-corrected chi connectivity index (χ2v) is 7.67. The maximum atomic E-state index is 13.2. The van der Waals surface area contributed by atoms with Gasteiger partial charge in [0, 0.05) is 24.2 Å². The molecular weight excluding hydrogens is 433 g/mol. The minimum absolute atomic E-state index is 0.0864. The van der Waals surface area contributed by atoms with Gasteiger partial charge in [0.05, 0.1) is 34.1 Å². The number of alkyl halides is 3. The van der Waals surface area contributed by atoms with Crippen molar-refractivity contribution in [3.63, 3.8) is 0 Å². The van der Waals surface area contributed by atoms with Crippen molar-refractivity contribution in [3.05, 3.63) is 76.7 Å². The maximum Gasteiger partial charge on any atom is 0.433 e. The lowest BCUT2D eigenvalue weighted by atomic mass is 10.0. The van der Waals surface area contributed by atoms with Crippen molar-refractivity contribution < 1.29 is 13.2 Å². The molecule has 5 rings (SSSR count). The minimum atomic E-state index is -4.58. The highest BCUT2D eigenvalue weighted by molar-refractivity contribution is 6.04. The van der Waals surface area contributed by atoms with Crippen molar-refractivity contribution in [2.24, 2.45) is 7.05 Å². The maximum absolute atomic E-state index is 13.2. The molecule has 0 aliphatic rings. The van der Waals surface area contributed by atoms with Crippen molar-refractivity contribution in [2.45, 2.75) is 13.1 Å². The number of anilines is 1. The predicted octanol–water partition coefficient (Wildman–Crippen LogP) is 4.24. The van der Waals surface area contributed by atoms with Crippen molar-refractivity contribution in [1.29, 1.82) is 0 Å². The van der Waals surface area contributed by atoms with E-state index in [2.05, 4.69) is 15.0 Å². The summed E-state index contributed by atoms with van der Waals surface area (Å²) < 4.78 is 42.2. The number of rotatable bonds is 2. The highest BCUT2D eigenvalue weighted by Gasteiger charge is 2.33. The Hall–Kier alpha value is -4.21. The van der Waals surface area contributed by atoms with Crippen LogP contribution in [0.2, 0.25) is 0 Å². The Morgan fingerprint density at radius 3 is 2.39 bits per heavy atom. The standard InChI is InChI=1S/C23H17F3N6O/c1-12-17(6-7-19(30-12)23(24,25)26)32-21-15-9-13(14-4-8-20(27)29-10-14)3-5-16(15)28-11-18(21)31(2)22(32)33/h3-11H,1-2H3,(H2,27,29). The van der Waals surface area contributed by atoms with Gasteiger partial charge in [0.15, 0.2) is 0 Å². The Labute approximate surface area is 185 Å². The van der Waals surface area contributed by atoms with Crippen LogP contribution >= 0.6 is 0 Å². The summed E-state index contributed by atoms with van der Waals surface area (Å²) >= 11 is 0. The zero-order valence-corrected chi connectivity index (χ0v) is 17.6. The molecular formula is C23H17F3N6O. The number of hydrogen-bond acceptors (Lipinski definition) is 5. The van der Waals surface area contributed by atoms with Gasteiger partial charge in [-0.05, 0) is 48.9 Å². The summed E-state index contributed by atoms with van der Waals surface area (Å²) in [6, 6.07) is 11.2. The molecule has 0 atom stereocenters. The van der Waals surface area contributed by atoms with Gasteiger partial charge in [-0.1, -0.05) is 6.07 Å². The van der Waals surface area contributed by atoms with Gasteiger partial charge in [0.2, 0.25) is 0 Å². The van der Waals surface area contributed by atoms with E-state index in [0.717, 1.165) is 17.2 Å². The van der Waals surface area contributed by atoms with Crippen molar-refractivity contribution in [1.82, 2.24) is 24.1 Å². The quantitative estimate of drug-likeness (QED) is 0.434. The number of aryl methyl sites for hydroxylation is 2. The van der Waals surface area contributed by atoms with Crippen LogP contribution in [0.25, 0.3) is 38.8 Å². The molecule has 10 heteroatoms. The van der Waals surface area contributed by atoms with E-state index < -0.39 is 17.6 Å². The first-order valence-corrected chi connectivity index (χ1v) is 9.92. The number of hydrogen-bond donors (Lipinski definition) is 1. The van der Waals surface area contributed by atoms with E-state index in [1.54, 1.807) is 25.5 Å². The summed E-state index contributed by atoms with van der Waals surface area (Å²) in [7, 11) is 1.59. The Balaban J connectivity index is 1.82. The topological polar surface area (TPSA) is 91.6 Å². The number of benzene rings is 1. The molecule has 166 valence electrons. The first kappa shape index (κ1) is 20.7. The van der Waals surface area contributed by atoms with Crippen LogP contribution in [0.3, 0.4) is 0 Å². The smallest absolute Gasteiger partial charge is 0.384 e. The lowest BCUT2D eigenvalue weighted by molar-refractivity contribution is -0.141. The summed E-state index contributed by atoms with van der Waals surface area (Å²) in [5.41, 5.74) is 7.97. The van der Waals surface area contributed by atoms with Gasteiger partial charge in [-0.3, -0.25) is 14.1 Å². The van der Waals surface area contributed by atoms with Crippen molar-refractivity contribution in [2.75, 3.05) is 5.73 Å².